The topological polar surface area (TPSA) is 15.8 Å². The average Bonchev–Trinajstić information content (AvgIpc) is 2.77. The van der Waals surface area contributed by atoms with Crippen LogP contribution in [0.2, 0.25) is 0 Å². The monoisotopic (exact) mass is 305 g/mol. The van der Waals surface area contributed by atoms with Crippen molar-refractivity contribution in [2.75, 3.05) is 0 Å². The second-order valence-corrected chi connectivity index (χ2v) is 8.14. The molecule has 0 spiro atoms. The molecular formula is C10H11Cl2NZr. The third-order valence-electron chi connectivity index (χ3n) is 2.08. The number of rotatable bonds is 2. The van der Waals surface area contributed by atoms with Gasteiger partial charge < -0.3 is 24.8 Å². The SMILES string of the molecule is [CH2]=[Zr+2]([C]1=CC=CC1)[c]1ccc[nH]1.[Cl-].[Cl-]. The number of hydrogen-bond donors (Lipinski definition) is 1. The molecule has 1 aromatic rings. The van der Waals surface area contributed by atoms with E-state index in [4.69, 9.17) is 0 Å². The van der Waals surface area contributed by atoms with Crippen molar-refractivity contribution in [2.24, 2.45) is 0 Å². The van der Waals surface area contributed by atoms with Crippen LogP contribution in [-0.2, 0) is 21.3 Å². The van der Waals surface area contributed by atoms with Gasteiger partial charge in [-0.1, -0.05) is 0 Å². The van der Waals surface area contributed by atoms with Gasteiger partial charge in [0.2, 0.25) is 0 Å². The zero-order valence-corrected chi connectivity index (χ0v) is 11.6. The molecule has 4 heteroatoms. The molecule has 0 atom stereocenters. The van der Waals surface area contributed by atoms with Crippen molar-refractivity contribution in [1.82, 2.24) is 4.98 Å². The zero-order valence-electron chi connectivity index (χ0n) is 7.63. The van der Waals surface area contributed by atoms with Crippen LogP contribution in [0.5, 0.6) is 0 Å². The Balaban J connectivity index is 0.000000845. The molecule has 0 bridgehead atoms. The maximum atomic E-state index is 4.32. The van der Waals surface area contributed by atoms with E-state index in [1.807, 2.05) is 6.20 Å². The predicted octanol–water partition coefficient (Wildman–Crippen LogP) is -4.46. The Bertz CT molecular complexity index is 352. The number of H-pyrrole nitrogens is 1. The van der Waals surface area contributed by atoms with E-state index in [2.05, 4.69) is 39.6 Å². The van der Waals surface area contributed by atoms with Gasteiger partial charge in [0, 0.05) is 0 Å². The van der Waals surface area contributed by atoms with Crippen molar-refractivity contribution in [3.63, 3.8) is 0 Å². The largest absolute Gasteiger partial charge is 1.00 e. The van der Waals surface area contributed by atoms with Crippen LogP contribution in [0.1, 0.15) is 6.42 Å². The van der Waals surface area contributed by atoms with E-state index in [9.17, 15) is 0 Å². The fraction of sp³-hybridized carbons (Fsp3) is 0.100. The summed E-state index contributed by atoms with van der Waals surface area (Å²) in [6.45, 7) is 0. The summed E-state index contributed by atoms with van der Waals surface area (Å²) in [5, 5.41) is 0. The zero-order chi connectivity index (χ0) is 8.39. The molecule has 1 nitrogen and oxygen atoms in total. The Morgan fingerprint density at radius 2 is 2.14 bits per heavy atom. The fourth-order valence-electron chi connectivity index (χ4n) is 1.36. The Hall–Kier alpha value is 0.0931. The van der Waals surface area contributed by atoms with Crippen LogP contribution in [0.4, 0.5) is 0 Å². The van der Waals surface area contributed by atoms with Gasteiger partial charge >= 0.3 is 80.1 Å². The minimum atomic E-state index is -1.64. The molecule has 1 aliphatic rings. The predicted molar refractivity (Wildman–Crippen MR) is 49.4 cm³/mol. The number of halogens is 2. The van der Waals surface area contributed by atoms with Crippen LogP contribution in [0.25, 0.3) is 0 Å². The van der Waals surface area contributed by atoms with Crippen molar-refractivity contribution < 1.29 is 46.1 Å². The molecule has 1 aliphatic carbocycles. The molecule has 2 rings (SSSR count). The summed E-state index contributed by atoms with van der Waals surface area (Å²) in [5.41, 5.74) is 0. The molecule has 0 amide bonds. The van der Waals surface area contributed by atoms with Gasteiger partial charge in [0.25, 0.3) is 0 Å². The number of aromatic nitrogens is 1. The molecule has 1 heterocycles. The number of allylic oxidation sites excluding steroid dienone is 4. The minimum Gasteiger partial charge on any atom is -1.00 e. The van der Waals surface area contributed by atoms with Crippen molar-refractivity contribution in [3.05, 3.63) is 39.8 Å². The van der Waals surface area contributed by atoms with E-state index in [0.717, 1.165) is 6.42 Å². The summed E-state index contributed by atoms with van der Waals surface area (Å²) in [5.74, 6) is 0. The second-order valence-electron chi connectivity index (χ2n) is 2.89. The third kappa shape index (κ3) is 3.05. The first-order valence-electron chi connectivity index (χ1n) is 4.06. The van der Waals surface area contributed by atoms with Crippen LogP contribution in [0.15, 0.2) is 39.8 Å². The van der Waals surface area contributed by atoms with E-state index >= 15 is 0 Å². The van der Waals surface area contributed by atoms with E-state index in [0.29, 0.717) is 0 Å². The molecule has 0 radical (unpaired) electrons. The fourth-order valence-corrected chi connectivity index (χ4v) is 5.20. The maximum Gasteiger partial charge on any atom is -1.00 e. The Morgan fingerprint density at radius 3 is 2.64 bits per heavy atom. The van der Waals surface area contributed by atoms with Crippen molar-refractivity contribution in [2.45, 2.75) is 6.42 Å². The molecule has 0 aromatic carbocycles. The summed E-state index contributed by atoms with van der Waals surface area (Å²) in [7, 11) is 0. The number of hydrogen-bond acceptors (Lipinski definition) is 0. The Morgan fingerprint density at radius 1 is 1.36 bits per heavy atom. The molecule has 14 heavy (non-hydrogen) atoms. The van der Waals surface area contributed by atoms with E-state index in [1.54, 1.807) is 3.28 Å². The van der Waals surface area contributed by atoms with E-state index in [1.165, 1.54) is 3.40 Å². The smallest absolute Gasteiger partial charge is 1.00 e. The molecule has 0 fully saturated rings. The first-order chi connectivity index (χ1) is 5.88. The first-order valence-corrected chi connectivity index (χ1v) is 8.26. The summed E-state index contributed by atoms with van der Waals surface area (Å²) in [6.07, 6.45) is 9.72. The quantitative estimate of drug-likeness (QED) is 0.567. The van der Waals surface area contributed by atoms with Gasteiger partial charge in [0.05, 0.1) is 0 Å². The van der Waals surface area contributed by atoms with Crippen LogP contribution < -0.4 is 28.2 Å². The van der Waals surface area contributed by atoms with Gasteiger partial charge in [-0.15, -0.1) is 0 Å². The molecular weight excluding hydrogens is 296 g/mol. The van der Waals surface area contributed by atoms with Gasteiger partial charge in [0.15, 0.2) is 0 Å². The van der Waals surface area contributed by atoms with Crippen molar-refractivity contribution in [1.29, 1.82) is 0 Å². The van der Waals surface area contributed by atoms with Gasteiger partial charge in [-0.05, 0) is 0 Å². The van der Waals surface area contributed by atoms with E-state index in [-0.39, 0.29) is 24.8 Å². The van der Waals surface area contributed by atoms with Crippen molar-refractivity contribution in [3.8, 4) is 0 Å². The standard InChI is InChI=1S/C5H5.C4H4N.CH2.2ClH.Zr/c2*1-2-4-5-3-1;;;;/h1-3H,4H2;1-3,5H;1H2;2*1H;/q;;;;;+2/p-2. The van der Waals surface area contributed by atoms with Crippen molar-refractivity contribution >= 4 is 7.61 Å². The summed E-state index contributed by atoms with van der Waals surface area (Å²) < 4.78 is 7.30. The van der Waals surface area contributed by atoms with Gasteiger partial charge in [-0.25, -0.2) is 0 Å². The maximum absolute atomic E-state index is 4.32. The third-order valence-corrected chi connectivity index (χ3v) is 7.26. The summed E-state index contributed by atoms with van der Waals surface area (Å²) in [4.78, 5) is 3.27. The van der Waals surface area contributed by atoms with Gasteiger partial charge in [-0.2, -0.15) is 0 Å². The van der Waals surface area contributed by atoms with Crippen LogP contribution in [0.3, 0.4) is 0 Å². The van der Waals surface area contributed by atoms with Crippen LogP contribution >= 0.6 is 0 Å². The van der Waals surface area contributed by atoms with Crippen LogP contribution in [0, 0.1) is 0 Å². The Kier molecular flexibility index (Phi) is 6.60. The summed E-state index contributed by atoms with van der Waals surface area (Å²) in [6, 6.07) is 4.23. The average molecular weight is 307 g/mol. The van der Waals surface area contributed by atoms with Gasteiger partial charge in [-0.3, -0.25) is 0 Å². The molecule has 74 valence electrons. The van der Waals surface area contributed by atoms with Crippen LogP contribution in [-0.4, -0.2) is 9.20 Å². The minimum absolute atomic E-state index is 0. The molecule has 0 unspecified atom stereocenters. The number of aromatic amines is 1. The van der Waals surface area contributed by atoms with Gasteiger partial charge in [0.1, 0.15) is 0 Å². The number of nitrogens with one attached hydrogen (secondary N) is 1. The second kappa shape index (κ2) is 6.55. The molecule has 1 aromatic heterocycles. The van der Waals surface area contributed by atoms with E-state index < -0.39 is 21.3 Å². The Labute approximate surface area is 104 Å². The summed E-state index contributed by atoms with van der Waals surface area (Å²) >= 11 is -1.64. The normalized spacial score (nSPS) is 12.1. The molecule has 1 N–H and O–H groups in total. The first kappa shape index (κ1) is 14.1. The molecule has 0 saturated heterocycles. The molecule has 0 aliphatic heterocycles. The molecule has 0 saturated carbocycles.